The number of carbonyl (C=O) groups is 1. The van der Waals surface area contributed by atoms with Crippen molar-refractivity contribution in [2.75, 3.05) is 7.11 Å². The van der Waals surface area contributed by atoms with Gasteiger partial charge in [0.2, 0.25) is 5.91 Å². The van der Waals surface area contributed by atoms with Crippen molar-refractivity contribution in [3.63, 3.8) is 0 Å². The van der Waals surface area contributed by atoms with E-state index in [0.717, 1.165) is 11.3 Å². The first-order valence-electron chi connectivity index (χ1n) is 6.81. The Morgan fingerprint density at radius 1 is 1.48 bits per heavy atom. The second-order valence-electron chi connectivity index (χ2n) is 4.97. The molecule has 0 spiro atoms. The molecule has 0 aromatic heterocycles. The lowest BCUT2D eigenvalue weighted by Crippen LogP contribution is -2.64. The molecule has 1 heterocycles. The molecule has 0 saturated carbocycles. The molecule has 0 aliphatic carbocycles. The van der Waals surface area contributed by atoms with Crippen molar-refractivity contribution in [1.29, 1.82) is 0 Å². The summed E-state index contributed by atoms with van der Waals surface area (Å²) in [6, 6.07) is 7.71. The van der Waals surface area contributed by atoms with Crippen LogP contribution in [0.15, 0.2) is 29.3 Å². The van der Waals surface area contributed by atoms with Gasteiger partial charge < -0.3 is 21.1 Å². The third kappa shape index (κ3) is 4.64. The lowest BCUT2D eigenvalue weighted by Gasteiger charge is -2.30. The smallest absolute Gasteiger partial charge is 0.224 e. The van der Waals surface area contributed by atoms with Crippen molar-refractivity contribution >= 4 is 11.9 Å². The molecule has 1 aromatic rings. The van der Waals surface area contributed by atoms with E-state index in [4.69, 9.17) is 10.5 Å². The van der Waals surface area contributed by atoms with Crippen LogP contribution in [0.4, 0.5) is 0 Å². The number of methoxy groups -OCH3 is 1. The summed E-state index contributed by atoms with van der Waals surface area (Å²) in [4.78, 5) is 15.7. The number of carbonyl (C=O) groups excluding carboxylic acids is 1. The fraction of sp³-hybridized carbons (Fsp3) is 0.429. The summed E-state index contributed by atoms with van der Waals surface area (Å²) in [5.74, 6) is 1.07. The lowest BCUT2D eigenvalue weighted by molar-refractivity contribution is -0.124. The van der Waals surface area contributed by atoms with Gasteiger partial charge in [-0.3, -0.25) is 10.1 Å². The van der Waals surface area contributed by atoms with E-state index in [1.54, 1.807) is 7.11 Å². The van der Waals surface area contributed by atoms with Gasteiger partial charge in [0.25, 0.3) is 0 Å². The van der Waals surface area contributed by atoms with E-state index in [0.29, 0.717) is 13.0 Å². The van der Waals surface area contributed by atoms with Gasteiger partial charge >= 0.3 is 0 Å². The van der Waals surface area contributed by atoms with E-state index in [2.05, 4.69) is 20.9 Å². The van der Waals surface area contributed by atoms with Crippen molar-refractivity contribution in [3.8, 4) is 5.75 Å². The maximum absolute atomic E-state index is 11.4. The van der Waals surface area contributed by atoms with Gasteiger partial charge in [-0.1, -0.05) is 12.1 Å². The monoisotopic (exact) mass is 291 g/mol. The number of nitrogens with two attached hydrogens (primary N) is 1. The molecule has 5 N–H and O–H groups in total. The zero-order valence-electron chi connectivity index (χ0n) is 12.2. The van der Waals surface area contributed by atoms with Crippen LogP contribution in [0.3, 0.4) is 0 Å². The van der Waals surface area contributed by atoms with Crippen molar-refractivity contribution in [1.82, 2.24) is 16.0 Å². The minimum absolute atomic E-state index is 0.0123. The average molecular weight is 291 g/mol. The maximum atomic E-state index is 11.4. The fourth-order valence-electron chi connectivity index (χ4n) is 2.06. The molecule has 0 radical (unpaired) electrons. The molecule has 1 aliphatic heterocycles. The van der Waals surface area contributed by atoms with Crippen LogP contribution < -0.4 is 26.4 Å². The van der Waals surface area contributed by atoms with Crippen LogP contribution in [-0.2, 0) is 11.3 Å². The highest BCUT2D eigenvalue weighted by atomic mass is 16.5. The van der Waals surface area contributed by atoms with E-state index < -0.39 is 0 Å². The Labute approximate surface area is 124 Å². The van der Waals surface area contributed by atoms with Crippen LogP contribution in [0.1, 0.15) is 18.9 Å². The lowest BCUT2D eigenvalue weighted by atomic mass is 10.2. The third-order valence-corrected chi connectivity index (χ3v) is 3.13. The molecule has 1 amide bonds. The van der Waals surface area contributed by atoms with Gasteiger partial charge in [-0.15, -0.1) is 0 Å². The van der Waals surface area contributed by atoms with Gasteiger partial charge in [0.05, 0.1) is 13.7 Å². The number of aliphatic imine (C=N–C) groups is 1. The van der Waals surface area contributed by atoms with Gasteiger partial charge in [0, 0.05) is 12.5 Å². The van der Waals surface area contributed by atoms with E-state index in [9.17, 15) is 4.79 Å². The van der Waals surface area contributed by atoms with Crippen molar-refractivity contribution in [3.05, 3.63) is 29.8 Å². The van der Waals surface area contributed by atoms with Gasteiger partial charge in [-0.05, 0) is 24.6 Å². The summed E-state index contributed by atoms with van der Waals surface area (Å²) in [5, 5.41) is 8.86. The number of rotatable bonds is 4. The number of hydrogen-bond donors (Lipinski definition) is 4. The van der Waals surface area contributed by atoms with Crippen LogP contribution in [0, 0.1) is 0 Å². The average Bonchev–Trinajstić information content (AvgIpc) is 2.44. The molecule has 2 unspecified atom stereocenters. The number of hydrogen-bond acceptors (Lipinski definition) is 4. The Morgan fingerprint density at radius 3 is 2.81 bits per heavy atom. The van der Waals surface area contributed by atoms with E-state index >= 15 is 0 Å². The van der Waals surface area contributed by atoms with Crippen LogP contribution >= 0.6 is 0 Å². The van der Waals surface area contributed by atoms with Crippen molar-refractivity contribution in [2.45, 2.75) is 32.2 Å². The van der Waals surface area contributed by atoms with E-state index in [1.165, 1.54) is 0 Å². The summed E-state index contributed by atoms with van der Waals surface area (Å²) in [6.45, 7) is 2.40. The van der Waals surface area contributed by atoms with Gasteiger partial charge in [-0.2, -0.15) is 0 Å². The largest absolute Gasteiger partial charge is 0.497 e. The first-order valence-corrected chi connectivity index (χ1v) is 6.81. The second-order valence-corrected chi connectivity index (χ2v) is 4.97. The Bertz CT molecular complexity index is 515. The standard InChI is InChI=1S/C14H21N5O2/c1-9-7-12(20)18-14(17-9)19-13(15)16-8-10-3-5-11(21-2)6-4-10/h3-6,9,14,17H,7-8H2,1-2H3,(H,18,20)(H3,15,16,19). The van der Waals surface area contributed by atoms with Crippen LogP contribution in [-0.4, -0.2) is 31.3 Å². The summed E-state index contributed by atoms with van der Waals surface area (Å²) >= 11 is 0. The topological polar surface area (TPSA) is 101 Å². The summed E-state index contributed by atoms with van der Waals surface area (Å²) in [7, 11) is 1.63. The number of amides is 1. The predicted octanol–water partition coefficient (Wildman–Crippen LogP) is -0.119. The summed E-state index contributed by atoms with van der Waals surface area (Å²) in [5.41, 5.74) is 6.84. The van der Waals surface area contributed by atoms with Crippen LogP contribution in [0.2, 0.25) is 0 Å². The minimum Gasteiger partial charge on any atom is -0.497 e. The van der Waals surface area contributed by atoms with Crippen LogP contribution in [0.25, 0.3) is 0 Å². The van der Waals surface area contributed by atoms with Crippen molar-refractivity contribution < 1.29 is 9.53 Å². The number of guanidine groups is 1. The quantitative estimate of drug-likeness (QED) is 0.458. The Morgan fingerprint density at radius 2 is 2.19 bits per heavy atom. The van der Waals surface area contributed by atoms with Gasteiger partial charge in [0.1, 0.15) is 5.75 Å². The molecular weight excluding hydrogens is 270 g/mol. The SMILES string of the molecule is COc1ccc(CN=C(N)NC2NC(=O)CC(C)N2)cc1. The molecule has 1 saturated heterocycles. The molecular formula is C14H21N5O2. The number of nitrogens with zero attached hydrogens (tertiary/aromatic N) is 1. The number of ether oxygens (including phenoxy) is 1. The fourth-order valence-corrected chi connectivity index (χ4v) is 2.06. The summed E-state index contributed by atoms with van der Waals surface area (Å²) in [6.07, 6.45) is 0.0713. The second kappa shape index (κ2) is 6.94. The molecule has 2 rings (SSSR count). The van der Waals surface area contributed by atoms with E-state index in [1.807, 2.05) is 31.2 Å². The molecule has 0 bridgehead atoms. The Hall–Kier alpha value is -2.28. The molecule has 7 nitrogen and oxygen atoms in total. The third-order valence-electron chi connectivity index (χ3n) is 3.13. The first kappa shape index (κ1) is 15.1. The Balaban J connectivity index is 1.87. The highest BCUT2D eigenvalue weighted by Gasteiger charge is 2.22. The minimum atomic E-state index is -0.388. The normalized spacial score (nSPS) is 22.6. The Kier molecular flexibility index (Phi) is 4.99. The zero-order chi connectivity index (χ0) is 15.2. The van der Waals surface area contributed by atoms with Crippen LogP contribution in [0.5, 0.6) is 5.75 Å². The zero-order valence-corrected chi connectivity index (χ0v) is 12.2. The van der Waals surface area contributed by atoms with E-state index in [-0.39, 0.29) is 24.2 Å². The van der Waals surface area contributed by atoms with Crippen molar-refractivity contribution in [2.24, 2.45) is 10.7 Å². The van der Waals surface area contributed by atoms with Gasteiger partial charge in [0.15, 0.2) is 12.2 Å². The maximum Gasteiger partial charge on any atom is 0.224 e. The molecule has 2 atom stereocenters. The number of nitrogens with one attached hydrogen (secondary N) is 3. The molecule has 21 heavy (non-hydrogen) atoms. The predicted molar refractivity (Wildman–Crippen MR) is 80.6 cm³/mol. The molecule has 1 aromatic carbocycles. The highest BCUT2D eigenvalue weighted by molar-refractivity contribution is 5.81. The summed E-state index contributed by atoms with van der Waals surface area (Å²) < 4.78 is 5.09. The number of benzene rings is 1. The van der Waals surface area contributed by atoms with Gasteiger partial charge in [-0.25, -0.2) is 4.99 Å². The molecule has 1 aliphatic rings. The molecule has 7 heteroatoms. The highest BCUT2D eigenvalue weighted by Crippen LogP contribution is 2.11. The molecule has 114 valence electrons. The molecule has 1 fully saturated rings. The first-order chi connectivity index (χ1) is 10.1.